The maximum atomic E-state index is 11.7. The summed E-state index contributed by atoms with van der Waals surface area (Å²) < 4.78 is 7.08. The molecule has 0 spiro atoms. The van der Waals surface area contributed by atoms with Crippen molar-refractivity contribution in [3.63, 3.8) is 0 Å². The monoisotopic (exact) mass is 317 g/mol. The fraction of sp³-hybridized carbons (Fsp3) is 0. The van der Waals surface area contributed by atoms with E-state index in [9.17, 15) is 9.90 Å². The number of rotatable bonds is 2. The summed E-state index contributed by atoms with van der Waals surface area (Å²) in [4.78, 5) is 14.3. The van der Waals surface area contributed by atoms with E-state index < -0.39 is 5.56 Å². The van der Waals surface area contributed by atoms with E-state index in [1.54, 1.807) is 29.2 Å². The predicted octanol–water partition coefficient (Wildman–Crippen LogP) is 3.16. The normalized spacial score (nSPS) is 10.8. The Morgan fingerprint density at radius 1 is 1.17 bits per heavy atom. The van der Waals surface area contributed by atoms with Gasteiger partial charge in [0.2, 0.25) is 0 Å². The second-order valence-corrected chi connectivity index (χ2v) is 5.26. The number of aromatic hydroxyl groups is 1. The molecular formula is C18H11N3O3. The minimum atomic E-state index is -0.603. The SMILES string of the molecule is N#Cc1c(O)c2c(ccn2-c2ccc(-c3ccco3)cc2)[nH]c1=O. The number of hydrogen-bond donors (Lipinski definition) is 2. The average Bonchev–Trinajstić information content (AvgIpc) is 3.25. The number of fused-ring (bicyclic) bond motifs is 1. The summed E-state index contributed by atoms with van der Waals surface area (Å²) in [6.45, 7) is 0. The number of furan rings is 1. The molecule has 0 aliphatic heterocycles. The highest BCUT2D eigenvalue weighted by molar-refractivity contribution is 5.86. The number of hydrogen-bond acceptors (Lipinski definition) is 4. The van der Waals surface area contributed by atoms with E-state index in [0.717, 1.165) is 17.0 Å². The first kappa shape index (κ1) is 13.9. The maximum absolute atomic E-state index is 11.7. The van der Waals surface area contributed by atoms with Crippen LogP contribution in [0, 0.1) is 11.3 Å². The molecule has 0 saturated carbocycles. The van der Waals surface area contributed by atoms with E-state index in [2.05, 4.69) is 4.98 Å². The van der Waals surface area contributed by atoms with Crippen molar-refractivity contribution in [1.29, 1.82) is 5.26 Å². The summed E-state index contributed by atoms with van der Waals surface area (Å²) in [5.74, 6) is 0.439. The van der Waals surface area contributed by atoms with Crippen molar-refractivity contribution in [2.45, 2.75) is 0 Å². The molecule has 0 radical (unpaired) electrons. The first-order chi connectivity index (χ1) is 11.7. The van der Waals surface area contributed by atoms with Crippen LogP contribution in [-0.2, 0) is 0 Å². The zero-order chi connectivity index (χ0) is 16.7. The third-order valence-corrected chi connectivity index (χ3v) is 3.89. The number of pyridine rings is 1. The molecule has 6 nitrogen and oxygen atoms in total. The van der Waals surface area contributed by atoms with Crippen LogP contribution in [0.4, 0.5) is 0 Å². The summed E-state index contributed by atoms with van der Waals surface area (Å²) in [6, 6.07) is 14.6. The van der Waals surface area contributed by atoms with Crippen molar-refractivity contribution in [3.8, 4) is 28.8 Å². The molecule has 0 aliphatic rings. The van der Waals surface area contributed by atoms with Gasteiger partial charge in [-0.05, 0) is 42.5 Å². The summed E-state index contributed by atoms with van der Waals surface area (Å²) in [5.41, 5.74) is 1.66. The number of aromatic nitrogens is 2. The maximum Gasteiger partial charge on any atom is 0.270 e. The van der Waals surface area contributed by atoms with Crippen LogP contribution in [-0.4, -0.2) is 14.7 Å². The Bertz CT molecular complexity index is 1130. The number of nitrogens with zero attached hydrogens (tertiary/aromatic N) is 2. The smallest absolute Gasteiger partial charge is 0.270 e. The molecule has 0 amide bonds. The van der Waals surface area contributed by atoms with Crippen molar-refractivity contribution in [2.75, 3.05) is 0 Å². The molecule has 116 valence electrons. The molecule has 0 aliphatic carbocycles. The van der Waals surface area contributed by atoms with Gasteiger partial charge in [0.05, 0.1) is 11.8 Å². The lowest BCUT2D eigenvalue weighted by molar-refractivity contribution is 0.476. The molecule has 1 aromatic carbocycles. The van der Waals surface area contributed by atoms with Gasteiger partial charge in [-0.2, -0.15) is 5.26 Å². The molecule has 2 N–H and O–H groups in total. The lowest BCUT2D eigenvalue weighted by atomic mass is 10.1. The Hall–Kier alpha value is -3.72. The van der Waals surface area contributed by atoms with Gasteiger partial charge >= 0.3 is 0 Å². The van der Waals surface area contributed by atoms with Gasteiger partial charge in [-0.25, -0.2) is 0 Å². The molecule has 0 fully saturated rings. The Kier molecular flexibility index (Phi) is 3.00. The highest BCUT2D eigenvalue weighted by Gasteiger charge is 2.15. The molecular weight excluding hydrogens is 306 g/mol. The molecule has 4 aromatic rings. The van der Waals surface area contributed by atoms with Crippen LogP contribution >= 0.6 is 0 Å². The predicted molar refractivity (Wildman–Crippen MR) is 88.0 cm³/mol. The summed E-state index contributed by atoms with van der Waals surface area (Å²) in [5, 5.41) is 19.3. The van der Waals surface area contributed by atoms with Gasteiger partial charge in [0.1, 0.15) is 17.3 Å². The Labute approximate surface area is 135 Å². The van der Waals surface area contributed by atoms with Crippen LogP contribution in [0.2, 0.25) is 0 Å². The van der Waals surface area contributed by atoms with Crippen molar-refractivity contribution in [3.05, 3.63) is 70.8 Å². The molecule has 4 rings (SSSR count). The fourth-order valence-electron chi connectivity index (χ4n) is 2.73. The van der Waals surface area contributed by atoms with Gasteiger partial charge in [0.25, 0.3) is 5.56 Å². The molecule has 3 aromatic heterocycles. The number of nitriles is 1. The fourth-order valence-corrected chi connectivity index (χ4v) is 2.73. The molecule has 0 unspecified atom stereocenters. The van der Waals surface area contributed by atoms with Crippen LogP contribution in [0.3, 0.4) is 0 Å². The lowest BCUT2D eigenvalue weighted by Gasteiger charge is -2.08. The van der Waals surface area contributed by atoms with Gasteiger partial charge < -0.3 is 19.1 Å². The van der Waals surface area contributed by atoms with E-state index >= 15 is 0 Å². The second kappa shape index (κ2) is 5.18. The van der Waals surface area contributed by atoms with Crippen LogP contribution in [0.15, 0.2) is 64.1 Å². The van der Waals surface area contributed by atoms with Crippen molar-refractivity contribution in [2.24, 2.45) is 0 Å². The van der Waals surface area contributed by atoms with Gasteiger partial charge in [-0.1, -0.05) is 0 Å². The van der Waals surface area contributed by atoms with E-state index in [0.29, 0.717) is 11.0 Å². The quantitative estimate of drug-likeness (QED) is 0.593. The van der Waals surface area contributed by atoms with Gasteiger partial charge in [-0.15, -0.1) is 0 Å². The van der Waals surface area contributed by atoms with Crippen LogP contribution < -0.4 is 5.56 Å². The number of aromatic amines is 1. The third-order valence-electron chi connectivity index (χ3n) is 3.89. The molecule has 0 saturated heterocycles. The summed E-state index contributed by atoms with van der Waals surface area (Å²) in [6.07, 6.45) is 3.34. The highest BCUT2D eigenvalue weighted by Crippen LogP contribution is 2.29. The van der Waals surface area contributed by atoms with Crippen LogP contribution in [0.5, 0.6) is 5.75 Å². The number of nitrogens with one attached hydrogen (secondary N) is 1. The van der Waals surface area contributed by atoms with E-state index in [-0.39, 0.29) is 11.3 Å². The zero-order valence-electron chi connectivity index (χ0n) is 12.4. The van der Waals surface area contributed by atoms with Crippen LogP contribution in [0.25, 0.3) is 28.0 Å². The molecule has 6 heteroatoms. The third kappa shape index (κ3) is 2.00. The zero-order valence-corrected chi connectivity index (χ0v) is 12.4. The Morgan fingerprint density at radius 3 is 2.62 bits per heavy atom. The van der Waals surface area contributed by atoms with Gasteiger partial charge in [0.15, 0.2) is 11.3 Å². The van der Waals surface area contributed by atoms with E-state index in [4.69, 9.17) is 9.68 Å². The first-order valence-corrected chi connectivity index (χ1v) is 7.20. The minimum Gasteiger partial charge on any atom is -0.504 e. The molecule has 3 heterocycles. The van der Waals surface area contributed by atoms with Crippen molar-refractivity contribution >= 4 is 11.0 Å². The molecule has 24 heavy (non-hydrogen) atoms. The Morgan fingerprint density at radius 2 is 1.96 bits per heavy atom. The van der Waals surface area contributed by atoms with Gasteiger partial charge in [0, 0.05) is 17.4 Å². The minimum absolute atomic E-state index is 0.297. The van der Waals surface area contributed by atoms with E-state index in [1.807, 2.05) is 36.4 Å². The lowest BCUT2D eigenvalue weighted by Crippen LogP contribution is -2.10. The Balaban J connectivity index is 1.88. The van der Waals surface area contributed by atoms with Crippen molar-refractivity contribution in [1.82, 2.24) is 9.55 Å². The van der Waals surface area contributed by atoms with Gasteiger partial charge in [-0.3, -0.25) is 4.79 Å². The summed E-state index contributed by atoms with van der Waals surface area (Å²) >= 11 is 0. The number of H-pyrrole nitrogens is 1. The standard InChI is InChI=1S/C18H11N3O3/c19-10-13-17(22)16-14(20-18(13)23)7-8-21(16)12-5-3-11(4-6-12)15-2-1-9-24-15/h1-9H,(H2,20,22,23). The molecule has 0 bridgehead atoms. The highest BCUT2D eigenvalue weighted by atomic mass is 16.3. The summed E-state index contributed by atoms with van der Waals surface area (Å²) in [7, 11) is 0. The topological polar surface area (TPSA) is 94.9 Å². The first-order valence-electron chi connectivity index (χ1n) is 7.20. The largest absolute Gasteiger partial charge is 0.504 e. The average molecular weight is 317 g/mol. The van der Waals surface area contributed by atoms with Crippen molar-refractivity contribution < 1.29 is 9.52 Å². The second-order valence-electron chi connectivity index (χ2n) is 5.26. The number of benzene rings is 1. The van der Waals surface area contributed by atoms with Crippen LogP contribution in [0.1, 0.15) is 5.56 Å². The molecule has 0 atom stereocenters. The van der Waals surface area contributed by atoms with E-state index in [1.165, 1.54) is 0 Å².